The van der Waals surface area contributed by atoms with Crippen molar-refractivity contribution in [3.05, 3.63) is 0 Å². The highest BCUT2D eigenvalue weighted by atomic mass is 32.2. The zero-order valence-corrected chi connectivity index (χ0v) is 10.5. The number of hydrogen-bond donors (Lipinski definition) is 1. The van der Waals surface area contributed by atoms with E-state index >= 15 is 0 Å². The topological polar surface area (TPSA) is 52.7 Å². The second-order valence-electron chi connectivity index (χ2n) is 3.72. The molecule has 0 aromatic heterocycles. The lowest BCUT2D eigenvalue weighted by atomic mass is 10.3. The number of nitrogens with zero attached hydrogens (tertiary/aromatic N) is 2. The van der Waals surface area contributed by atoms with Crippen LogP contribution in [0.2, 0.25) is 0 Å². The van der Waals surface area contributed by atoms with Gasteiger partial charge in [-0.15, -0.1) is 0 Å². The smallest absolute Gasteiger partial charge is 0.282 e. The summed E-state index contributed by atoms with van der Waals surface area (Å²) in [6, 6.07) is 0.301. The van der Waals surface area contributed by atoms with Crippen LogP contribution in [0.5, 0.6) is 0 Å². The Labute approximate surface area is 92.6 Å². The molecule has 1 saturated heterocycles. The van der Waals surface area contributed by atoms with Gasteiger partial charge in [-0.2, -0.15) is 17.0 Å². The third kappa shape index (κ3) is 2.69. The molecule has 1 aliphatic heterocycles. The van der Waals surface area contributed by atoms with E-state index in [1.165, 1.54) is 4.31 Å². The van der Waals surface area contributed by atoms with E-state index in [2.05, 4.69) is 5.32 Å². The molecular weight excluding hydrogens is 214 g/mol. The minimum Gasteiger partial charge on any atom is -0.316 e. The van der Waals surface area contributed by atoms with Crippen LogP contribution in [0, 0.1) is 0 Å². The first-order chi connectivity index (χ1) is 7.06. The molecule has 1 fully saturated rings. The zero-order chi connectivity index (χ0) is 11.5. The van der Waals surface area contributed by atoms with Gasteiger partial charge < -0.3 is 5.32 Å². The van der Waals surface area contributed by atoms with Crippen LogP contribution in [0.15, 0.2) is 0 Å². The van der Waals surface area contributed by atoms with Crippen molar-refractivity contribution in [2.24, 2.45) is 0 Å². The Balaban J connectivity index is 2.71. The average Bonchev–Trinajstić information content (AvgIpc) is 2.67. The Morgan fingerprint density at radius 2 is 2.00 bits per heavy atom. The maximum atomic E-state index is 12.1. The normalized spacial score (nSPS) is 23.9. The van der Waals surface area contributed by atoms with Crippen LogP contribution >= 0.6 is 0 Å². The molecule has 1 unspecified atom stereocenters. The second-order valence-corrected chi connectivity index (χ2v) is 5.65. The van der Waals surface area contributed by atoms with Crippen molar-refractivity contribution < 1.29 is 8.42 Å². The minimum absolute atomic E-state index is 0.301. The highest BCUT2D eigenvalue weighted by Gasteiger charge is 2.33. The summed E-state index contributed by atoms with van der Waals surface area (Å²) in [5.74, 6) is 0. The Hall–Kier alpha value is -0.170. The van der Waals surface area contributed by atoms with E-state index in [4.69, 9.17) is 0 Å². The molecule has 0 amide bonds. The van der Waals surface area contributed by atoms with Crippen molar-refractivity contribution in [3.63, 3.8) is 0 Å². The van der Waals surface area contributed by atoms with Gasteiger partial charge in [0.1, 0.15) is 0 Å². The molecule has 0 bridgehead atoms. The number of hydrogen-bond acceptors (Lipinski definition) is 3. The van der Waals surface area contributed by atoms with E-state index in [0.717, 1.165) is 6.42 Å². The molecular formula is C9H21N3O2S. The van der Waals surface area contributed by atoms with E-state index in [0.29, 0.717) is 32.2 Å². The maximum absolute atomic E-state index is 12.1. The van der Waals surface area contributed by atoms with Crippen LogP contribution in [0.3, 0.4) is 0 Å². The lowest BCUT2D eigenvalue weighted by Gasteiger charge is -2.25. The molecule has 1 rings (SSSR count). The summed E-state index contributed by atoms with van der Waals surface area (Å²) in [4.78, 5) is 0. The van der Waals surface area contributed by atoms with E-state index in [-0.39, 0.29) is 0 Å². The summed E-state index contributed by atoms with van der Waals surface area (Å²) < 4.78 is 27.2. The van der Waals surface area contributed by atoms with Gasteiger partial charge in [-0.05, 0) is 13.5 Å². The fourth-order valence-corrected chi connectivity index (χ4v) is 3.57. The Morgan fingerprint density at radius 3 is 2.40 bits per heavy atom. The largest absolute Gasteiger partial charge is 0.316 e. The molecule has 15 heavy (non-hydrogen) atoms. The SMILES string of the molecule is CCN(CC)S(=O)(=O)N1CCC(NC)C1. The molecule has 0 radical (unpaired) electrons. The highest BCUT2D eigenvalue weighted by molar-refractivity contribution is 7.86. The van der Waals surface area contributed by atoms with Crippen molar-refractivity contribution in [1.29, 1.82) is 0 Å². The van der Waals surface area contributed by atoms with Gasteiger partial charge >= 0.3 is 0 Å². The van der Waals surface area contributed by atoms with Gasteiger partial charge in [-0.25, -0.2) is 0 Å². The van der Waals surface area contributed by atoms with E-state index in [1.54, 1.807) is 4.31 Å². The van der Waals surface area contributed by atoms with Gasteiger partial charge in [0.15, 0.2) is 0 Å². The Bertz CT molecular complexity index is 288. The van der Waals surface area contributed by atoms with Crippen LogP contribution in [0.25, 0.3) is 0 Å². The summed E-state index contributed by atoms with van der Waals surface area (Å²) in [5, 5.41) is 3.12. The van der Waals surface area contributed by atoms with Gasteiger partial charge in [0.2, 0.25) is 0 Å². The fourth-order valence-electron chi connectivity index (χ4n) is 1.89. The van der Waals surface area contributed by atoms with Gasteiger partial charge in [0.25, 0.3) is 10.2 Å². The molecule has 0 spiro atoms. The predicted molar refractivity (Wildman–Crippen MR) is 60.9 cm³/mol. The van der Waals surface area contributed by atoms with Crippen LogP contribution in [0.1, 0.15) is 20.3 Å². The molecule has 1 N–H and O–H groups in total. The number of rotatable bonds is 5. The number of nitrogens with one attached hydrogen (secondary N) is 1. The van der Waals surface area contributed by atoms with Crippen molar-refractivity contribution in [2.45, 2.75) is 26.3 Å². The lowest BCUT2D eigenvalue weighted by Crippen LogP contribution is -2.43. The van der Waals surface area contributed by atoms with Crippen LogP contribution in [0.4, 0.5) is 0 Å². The highest BCUT2D eigenvalue weighted by Crippen LogP contribution is 2.16. The standard InChI is InChI=1S/C9H21N3O2S/c1-4-11(5-2)15(13,14)12-7-6-9(8-12)10-3/h9-10H,4-8H2,1-3H3. The second kappa shape index (κ2) is 5.25. The molecule has 1 atom stereocenters. The van der Waals surface area contributed by atoms with Crippen LogP contribution in [-0.2, 0) is 10.2 Å². The third-order valence-electron chi connectivity index (χ3n) is 2.92. The lowest BCUT2D eigenvalue weighted by molar-refractivity contribution is 0.375. The van der Waals surface area contributed by atoms with Gasteiger partial charge in [-0.3, -0.25) is 0 Å². The van der Waals surface area contributed by atoms with Gasteiger partial charge in [0, 0.05) is 32.2 Å². The predicted octanol–water partition coefficient (Wildman–Crippen LogP) is -0.133. The summed E-state index contributed by atoms with van der Waals surface area (Å²) >= 11 is 0. The first-order valence-corrected chi connectivity index (χ1v) is 6.88. The van der Waals surface area contributed by atoms with Gasteiger partial charge in [-0.1, -0.05) is 13.8 Å². The first kappa shape index (κ1) is 12.9. The van der Waals surface area contributed by atoms with Crippen molar-refractivity contribution >= 4 is 10.2 Å². The Kier molecular flexibility index (Phi) is 4.51. The van der Waals surface area contributed by atoms with Crippen LogP contribution < -0.4 is 5.32 Å². The van der Waals surface area contributed by atoms with Crippen molar-refractivity contribution in [3.8, 4) is 0 Å². The van der Waals surface area contributed by atoms with E-state index in [9.17, 15) is 8.42 Å². The van der Waals surface area contributed by atoms with Crippen LogP contribution in [-0.4, -0.2) is 56.3 Å². The summed E-state index contributed by atoms with van der Waals surface area (Å²) in [6.07, 6.45) is 0.900. The quantitative estimate of drug-likeness (QED) is 0.722. The maximum Gasteiger partial charge on any atom is 0.282 e. The molecule has 0 aliphatic carbocycles. The summed E-state index contributed by atoms with van der Waals surface area (Å²) in [6.45, 7) is 6.04. The molecule has 90 valence electrons. The Morgan fingerprint density at radius 1 is 1.40 bits per heavy atom. The molecule has 0 aromatic carbocycles. The minimum atomic E-state index is -3.22. The molecule has 1 aliphatic rings. The molecule has 1 heterocycles. The summed E-state index contributed by atoms with van der Waals surface area (Å²) in [5.41, 5.74) is 0. The average molecular weight is 235 g/mol. The van der Waals surface area contributed by atoms with Crippen molar-refractivity contribution in [2.75, 3.05) is 33.2 Å². The molecule has 0 aromatic rings. The first-order valence-electron chi connectivity index (χ1n) is 5.48. The zero-order valence-electron chi connectivity index (χ0n) is 9.73. The van der Waals surface area contributed by atoms with E-state index in [1.807, 2.05) is 20.9 Å². The fraction of sp³-hybridized carbons (Fsp3) is 1.00. The summed E-state index contributed by atoms with van der Waals surface area (Å²) in [7, 11) is -1.34. The van der Waals surface area contributed by atoms with Crippen molar-refractivity contribution in [1.82, 2.24) is 13.9 Å². The molecule has 6 heteroatoms. The number of likely N-dealkylation sites (N-methyl/N-ethyl adjacent to an activating group) is 1. The monoisotopic (exact) mass is 235 g/mol. The van der Waals surface area contributed by atoms with E-state index < -0.39 is 10.2 Å². The van der Waals surface area contributed by atoms with Gasteiger partial charge in [0.05, 0.1) is 0 Å². The third-order valence-corrected chi connectivity index (χ3v) is 5.07. The molecule has 5 nitrogen and oxygen atoms in total. The molecule has 0 saturated carbocycles.